The van der Waals surface area contributed by atoms with Gasteiger partial charge in [-0.25, -0.2) is 4.58 Å². The second-order valence-corrected chi connectivity index (χ2v) is 6.83. The van der Waals surface area contributed by atoms with Gasteiger partial charge in [-0.3, -0.25) is 4.79 Å². The van der Waals surface area contributed by atoms with Crippen molar-refractivity contribution in [1.29, 1.82) is 0 Å². The largest absolute Gasteiger partial charge is 0.507 e. The van der Waals surface area contributed by atoms with Gasteiger partial charge in [0.05, 0.1) is 34.6 Å². The molecule has 6 heteroatoms. The second-order valence-electron chi connectivity index (χ2n) is 6.83. The van der Waals surface area contributed by atoms with E-state index in [1.54, 1.807) is 0 Å². The molecule has 0 atom stereocenters. The number of hydrogen-bond acceptors (Lipinski definition) is 4. The summed E-state index contributed by atoms with van der Waals surface area (Å²) in [5, 5.41) is 31.4. The SMILES string of the molecule is CC[N+](CC)=C1C=C(O)C(=C2C(=O)C(c3[nH]c(C)c(C)c3C)=C2O)C(O)=C1. The molecule has 4 N–H and O–H groups in total. The highest BCUT2D eigenvalue weighted by molar-refractivity contribution is 6.39. The van der Waals surface area contributed by atoms with E-state index >= 15 is 0 Å². The van der Waals surface area contributed by atoms with E-state index in [1.807, 2.05) is 39.2 Å². The number of carbonyl (C=O) groups is 1. The molecule has 0 aromatic carbocycles. The normalized spacial score (nSPS) is 17.2. The van der Waals surface area contributed by atoms with Gasteiger partial charge in [0.25, 0.3) is 0 Å². The van der Waals surface area contributed by atoms with E-state index in [9.17, 15) is 20.1 Å². The first-order chi connectivity index (χ1) is 12.7. The van der Waals surface area contributed by atoms with Crippen LogP contribution in [-0.2, 0) is 4.79 Å². The average Bonchev–Trinajstić information content (AvgIpc) is 2.86. The third-order valence-electron chi connectivity index (χ3n) is 5.45. The highest BCUT2D eigenvalue weighted by Crippen LogP contribution is 2.42. The number of rotatable bonds is 3. The first-order valence-electron chi connectivity index (χ1n) is 9.05. The monoisotopic (exact) mass is 369 g/mol. The fourth-order valence-electron chi connectivity index (χ4n) is 3.59. The smallest absolute Gasteiger partial charge is 0.207 e. The molecule has 3 rings (SSSR count). The van der Waals surface area contributed by atoms with Crippen LogP contribution in [0.15, 0.2) is 40.6 Å². The number of carbonyl (C=O) groups excluding carboxylic acids is 1. The number of aliphatic hydroxyl groups excluding tert-OH is 3. The number of ketones is 1. The van der Waals surface area contributed by atoms with E-state index < -0.39 is 5.78 Å². The lowest BCUT2D eigenvalue weighted by Gasteiger charge is -2.25. The predicted molar refractivity (Wildman–Crippen MR) is 104 cm³/mol. The molecule has 0 saturated carbocycles. The average molecular weight is 369 g/mol. The number of nitrogens with one attached hydrogen (secondary N) is 1. The van der Waals surface area contributed by atoms with Gasteiger partial charge in [0.15, 0.2) is 0 Å². The lowest BCUT2D eigenvalue weighted by molar-refractivity contribution is -0.519. The van der Waals surface area contributed by atoms with Gasteiger partial charge in [-0.2, -0.15) is 0 Å². The Bertz CT molecular complexity index is 983. The summed E-state index contributed by atoms with van der Waals surface area (Å²) in [4.78, 5) is 15.9. The summed E-state index contributed by atoms with van der Waals surface area (Å²) in [7, 11) is 0. The van der Waals surface area contributed by atoms with E-state index in [0.717, 1.165) is 16.8 Å². The Morgan fingerprint density at radius 2 is 1.44 bits per heavy atom. The molecule has 1 aromatic rings. The zero-order chi connectivity index (χ0) is 20.0. The van der Waals surface area contributed by atoms with Crippen LogP contribution < -0.4 is 0 Å². The van der Waals surface area contributed by atoms with Crippen LogP contribution in [0.2, 0.25) is 0 Å². The topological polar surface area (TPSA) is 96.6 Å². The van der Waals surface area contributed by atoms with Gasteiger partial charge in [-0.05, 0) is 45.7 Å². The molecule has 142 valence electrons. The molecule has 2 aliphatic carbocycles. The van der Waals surface area contributed by atoms with Gasteiger partial charge >= 0.3 is 0 Å². The van der Waals surface area contributed by atoms with Crippen LogP contribution in [0.5, 0.6) is 0 Å². The molecular weight excluding hydrogens is 344 g/mol. The van der Waals surface area contributed by atoms with Crippen molar-refractivity contribution in [3.63, 3.8) is 0 Å². The standard InChI is InChI=1S/C21H24N2O4/c1-6-23(7-2)13-8-14(24)16(15(25)9-13)17-20(26)18(21(17)27)19-11(4)10(3)12(5)22-19/h8-9H,6-7H2,1-5H3,(H3,22,24,25,26,27)/p+1. The van der Waals surface area contributed by atoms with E-state index in [1.165, 1.54) is 12.2 Å². The van der Waals surface area contributed by atoms with Crippen molar-refractivity contribution in [3.8, 4) is 0 Å². The van der Waals surface area contributed by atoms with Crippen LogP contribution in [0.4, 0.5) is 0 Å². The van der Waals surface area contributed by atoms with E-state index in [-0.39, 0.29) is 34.0 Å². The summed E-state index contributed by atoms with van der Waals surface area (Å²) in [5.41, 5.74) is 4.18. The van der Waals surface area contributed by atoms with Gasteiger partial charge < -0.3 is 20.3 Å². The molecule has 6 nitrogen and oxygen atoms in total. The first-order valence-corrected chi connectivity index (χ1v) is 9.05. The van der Waals surface area contributed by atoms with Crippen molar-refractivity contribution in [2.45, 2.75) is 34.6 Å². The van der Waals surface area contributed by atoms with Crippen molar-refractivity contribution < 1.29 is 24.7 Å². The minimum Gasteiger partial charge on any atom is -0.507 e. The van der Waals surface area contributed by atoms with Gasteiger partial charge in [0.1, 0.15) is 30.4 Å². The van der Waals surface area contributed by atoms with Crippen LogP contribution in [-0.4, -0.2) is 49.5 Å². The lowest BCUT2D eigenvalue weighted by Crippen LogP contribution is -2.27. The van der Waals surface area contributed by atoms with Gasteiger partial charge in [-0.1, -0.05) is 0 Å². The summed E-state index contributed by atoms with van der Waals surface area (Å²) in [6.45, 7) is 11.1. The zero-order valence-electron chi connectivity index (χ0n) is 16.3. The Balaban J connectivity index is 2.14. The third kappa shape index (κ3) is 2.72. The first kappa shape index (κ1) is 18.8. The number of aromatic nitrogens is 1. The fraction of sp³-hybridized carbons (Fsp3) is 0.333. The Morgan fingerprint density at radius 3 is 1.85 bits per heavy atom. The lowest BCUT2D eigenvalue weighted by atomic mass is 9.80. The number of H-pyrrole nitrogens is 1. The van der Waals surface area contributed by atoms with Crippen molar-refractivity contribution in [1.82, 2.24) is 4.98 Å². The van der Waals surface area contributed by atoms with E-state index in [4.69, 9.17) is 0 Å². The molecule has 0 fully saturated rings. The molecule has 1 heterocycles. The summed E-state index contributed by atoms with van der Waals surface area (Å²) in [6.07, 6.45) is 3.00. The van der Waals surface area contributed by atoms with Gasteiger partial charge in [0.2, 0.25) is 11.5 Å². The Labute approximate surface area is 158 Å². The Hall–Kier alpha value is -3.02. The number of Topliss-reactive ketones (excluding diaryl/α,β-unsaturated/α-hetero) is 1. The van der Waals surface area contributed by atoms with E-state index in [2.05, 4.69) is 4.98 Å². The molecule has 2 aliphatic rings. The molecular formula is C21H25N2O4+. The zero-order valence-corrected chi connectivity index (χ0v) is 16.3. The van der Waals surface area contributed by atoms with Crippen LogP contribution in [0.3, 0.4) is 0 Å². The maximum Gasteiger partial charge on any atom is 0.207 e. The van der Waals surface area contributed by atoms with Crippen LogP contribution in [0.25, 0.3) is 5.57 Å². The number of aromatic amines is 1. The molecule has 0 amide bonds. The van der Waals surface area contributed by atoms with Crippen molar-refractivity contribution >= 4 is 17.1 Å². The van der Waals surface area contributed by atoms with E-state index in [0.29, 0.717) is 24.5 Å². The van der Waals surface area contributed by atoms with Crippen molar-refractivity contribution in [3.05, 3.63) is 63.1 Å². The molecule has 0 saturated heterocycles. The Kier molecular flexibility index (Phi) is 4.59. The number of aryl methyl sites for hydroxylation is 1. The molecule has 0 unspecified atom stereocenters. The minimum atomic E-state index is -0.405. The molecule has 27 heavy (non-hydrogen) atoms. The quantitative estimate of drug-likeness (QED) is 0.484. The van der Waals surface area contributed by atoms with Gasteiger partial charge in [-0.15, -0.1) is 0 Å². The molecule has 0 radical (unpaired) electrons. The molecule has 0 aliphatic heterocycles. The number of nitrogens with zero attached hydrogens (tertiary/aromatic N) is 1. The summed E-state index contributed by atoms with van der Waals surface area (Å²) in [6, 6.07) is 0. The predicted octanol–water partition coefficient (Wildman–Crippen LogP) is 3.48. The van der Waals surface area contributed by atoms with Crippen LogP contribution in [0.1, 0.15) is 36.4 Å². The Morgan fingerprint density at radius 1 is 0.889 bits per heavy atom. The van der Waals surface area contributed by atoms with Crippen molar-refractivity contribution in [2.24, 2.45) is 0 Å². The maximum absolute atomic E-state index is 12.8. The number of allylic oxidation sites excluding steroid dienone is 4. The summed E-state index contributed by atoms with van der Waals surface area (Å²) >= 11 is 0. The van der Waals surface area contributed by atoms with Crippen molar-refractivity contribution in [2.75, 3.05) is 13.1 Å². The molecule has 0 bridgehead atoms. The van der Waals surface area contributed by atoms with Crippen LogP contribution >= 0.6 is 0 Å². The highest BCUT2D eigenvalue weighted by atomic mass is 16.3. The number of hydrogen-bond donors (Lipinski definition) is 4. The minimum absolute atomic E-state index is 0.0326. The van der Waals surface area contributed by atoms with Crippen LogP contribution in [0, 0.1) is 20.8 Å². The van der Waals surface area contributed by atoms with Gasteiger partial charge in [0, 0.05) is 5.69 Å². The fourth-order valence-corrected chi connectivity index (χ4v) is 3.59. The maximum atomic E-state index is 12.8. The number of aliphatic hydroxyl groups is 3. The molecule has 0 spiro atoms. The third-order valence-corrected chi connectivity index (χ3v) is 5.45. The molecule has 1 aromatic heterocycles. The second kappa shape index (κ2) is 6.61. The highest BCUT2D eigenvalue weighted by Gasteiger charge is 2.41. The summed E-state index contributed by atoms with van der Waals surface area (Å²) < 4.78 is 1.96. The summed E-state index contributed by atoms with van der Waals surface area (Å²) in [5.74, 6) is -1.09.